The Morgan fingerprint density at radius 3 is 3.07 bits per heavy atom. The summed E-state index contributed by atoms with van der Waals surface area (Å²) in [5.41, 5.74) is 5.00. The van der Waals surface area contributed by atoms with Crippen LogP contribution in [0.5, 0.6) is 0 Å². The maximum absolute atomic E-state index is 11.1. The van der Waals surface area contributed by atoms with Crippen LogP contribution in [0.4, 0.5) is 16.2 Å². The number of aromatic amines is 1. The van der Waals surface area contributed by atoms with Crippen LogP contribution in [-0.4, -0.2) is 45.3 Å². The fraction of sp³-hybridized carbons (Fsp3) is 0.350. The van der Waals surface area contributed by atoms with Crippen molar-refractivity contribution >= 4 is 44.4 Å². The second-order valence-electron chi connectivity index (χ2n) is 7.34. The third kappa shape index (κ3) is 4.29. The van der Waals surface area contributed by atoms with Crippen LogP contribution in [0.3, 0.4) is 0 Å². The molecule has 1 atom stereocenters. The summed E-state index contributed by atoms with van der Waals surface area (Å²) in [6.45, 7) is 4.16. The van der Waals surface area contributed by atoms with Gasteiger partial charge in [-0.3, -0.25) is 4.98 Å². The molecule has 4 rings (SSSR count). The number of rotatable bonds is 5. The van der Waals surface area contributed by atoms with Gasteiger partial charge in [-0.2, -0.15) is 0 Å². The molecular weight excluding hydrogens is 436 g/mol. The Kier molecular flexibility index (Phi) is 5.57. The van der Waals surface area contributed by atoms with Gasteiger partial charge in [0.2, 0.25) is 0 Å². The van der Waals surface area contributed by atoms with E-state index >= 15 is 0 Å². The summed E-state index contributed by atoms with van der Waals surface area (Å²) in [6.07, 6.45) is 8.19. The molecule has 0 bridgehead atoms. The fourth-order valence-corrected chi connectivity index (χ4v) is 4.44. The number of hydrogen-bond acceptors (Lipinski definition) is 5. The predicted molar refractivity (Wildman–Crippen MR) is 116 cm³/mol. The van der Waals surface area contributed by atoms with E-state index in [0.717, 1.165) is 57.4 Å². The zero-order valence-corrected chi connectivity index (χ0v) is 17.7. The van der Waals surface area contributed by atoms with Gasteiger partial charge in [-0.1, -0.05) is 6.07 Å². The number of aromatic nitrogens is 3. The predicted octanol–water partition coefficient (Wildman–Crippen LogP) is 3.88. The highest BCUT2D eigenvalue weighted by atomic mass is 79.9. The smallest absolute Gasteiger partial charge is 0.404 e. The van der Waals surface area contributed by atoms with E-state index in [1.54, 1.807) is 6.20 Å². The van der Waals surface area contributed by atoms with Crippen LogP contribution in [0.25, 0.3) is 11.0 Å². The summed E-state index contributed by atoms with van der Waals surface area (Å²) in [5, 5.41) is 16.2. The number of anilines is 2. The quantitative estimate of drug-likeness (QED) is 0.462. The van der Waals surface area contributed by atoms with Gasteiger partial charge >= 0.3 is 6.09 Å². The molecule has 0 aliphatic carbocycles. The lowest BCUT2D eigenvalue weighted by Crippen LogP contribution is -2.47. The van der Waals surface area contributed by atoms with Crippen LogP contribution >= 0.6 is 15.9 Å². The molecule has 1 unspecified atom stereocenters. The van der Waals surface area contributed by atoms with Crippen LogP contribution in [0.1, 0.15) is 24.0 Å². The Hall–Kier alpha value is -2.81. The summed E-state index contributed by atoms with van der Waals surface area (Å²) >= 11 is 3.66. The van der Waals surface area contributed by atoms with Crippen molar-refractivity contribution in [1.82, 2.24) is 20.3 Å². The van der Waals surface area contributed by atoms with Gasteiger partial charge in [-0.25, -0.2) is 9.78 Å². The number of piperidine rings is 1. The Morgan fingerprint density at radius 1 is 1.41 bits per heavy atom. The first-order chi connectivity index (χ1) is 14.0. The van der Waals surface area contributed by atoms with Crippen molar-refractivity contribution in [2.75, 3.05) is 23.3 Å². The number of carboxylic acid groups (broad SMARTS) is 1. The van der Waals surface area contributed by atoms with Crippen molar-refractivity contribution in [1.29, 1.82) is 0 Å². The Labute approximate surface area is 176 Å². The summed E-state index contributed by atoms with van der Waals surface area (Å²) in [6, 6.07) is 2.02. The van der Waals surface area contributed by atoms with E-state index in [9.17, 15) is 4.79 Å². The topological polar surface area (TPSA) is 106 Å². The minimum Gasteiger partial charge on any atom is -0.465 e. The number of fused-ring (bicyclic) bond motifs is 1. The number of H-pyrrole nitrogens is 1. The molecule has 0 saturated carbocycles. The van der Waals surface area contributed by atoms with E-state index in [1.165, 1.54) is 0 Å². The maximum Gasteiger partial charge on any atom is 0.404 e. The normalized spacial score (nSPS) is 16.8. The molecule has 8 nitrogen and oxygen atoms in total. The highest BCUT2D eigenvalue weighted by molar-refractivity contribution is 9.10. The molecule has 4 heterocycles. The van der Waals surface area contributed by atoms with Crippen molar-refractivity contribution in [3.8, 4) is 0 Å². The minimum atomic E-state index is -0.980. The standard InChI is InChI=1S/C20H23BrN6O2/c1-12-5-13(7-22-6-12)8-23-16-10-25-19-17(16)18(15(21)9-24-19)27-4-2-3-14(11-27)26-20(28)29/h5-7,9-10,14,23,26H,2-4,8,11H2,1H3,(H,24,25)(H,28,29). The molecule has 1 saturated heterocycles. The molecule has 152 valence electrons. The number of nitrogens with zero attached hydrogens (tertiary/aromatic N) is 3. The van der Waals surface area contributed by atoms with Crippen LogP contribution in [0.15, 0.2) is 35.3 Å². The van der Waals surface area contributed by atoms with Crippen LogP contribution < -0.4 is 15.5 Å². The second kappa shape index (κ2) is 8.28. The first-order valence-electron chi connectivity index (χ1n) is 9.55. The first kappa shape index (κ1) is 19.5. The minimum absolute atomic E-state index is 0.0925. The number of halogens is 1. The van der Waals surface area contributed by atoms with Gasteiger partial charge in [-0.05, 0) is 46.8 Å². The first-order valence-corrected chi connectivity index (χ1v) is 10.3. The third-order valence-corrected chi connectivity index (χ3v) is 5.69. The molecule has 4 N–H and O–H groups in total. The summed E-state index contributed by atoms with van der Waals surface area (Å²) in [5.74, 6) is 0. The lowest BCUT2D eigenvalue weighted by atomic mass is 10.0. The molecule has 9 heteroatoms. The highest BCUT2D eigenvalue weighted by Gasteiger charge is 2.25. The number of aryl methyl sites for hydroxylation is 1. The average Bonchev–Trinajstić information content (AvgIpc) is 3.09. The number of hydrogen-bond donors (Lipinski definition) is 4. The van der Waals surface area contributed by atoms with Crippen molar-refractivity contribution in [3.05, 3.63) is 46.5 Å². The summed E-state index contributed by atoms with van der Waals surface area (Å²) < 4.78 is 0.890. The molecule has 0 spiro atoms. The Bertz CT molecular complexity index is 1040. The molecule has 1 aliphatic heterocycles. The van der Waals surface area contributed by atoms with Crippen molar-refractivity contribution in [3.63, 3.8) is 0 Å². The molecule has 0 radical (unpaired) electrons. The third-order valence-electron chi connectivity index (χ3n) is 5.11. The van der Waals surface area contributed by atoms with Gasteiger partial charge in [0, 0.05) is 50.5 Å². The van der Waals surface area contributed by atoms with Gasteiger partial charge < -0.3 is 25.6 Å². The number of pyridine rings is 2. The molecule has 3 aromatic rings. The molecule has 1 fully saturated rings. The number of carbonyl (C=O) groups is 1. The van der Waals surface area contributed by atoms with Crippen LogP contribution in [0, 0.1) is 6.92 Å². The summed E-state index contributed by atoms with van der Waals surface area (Å²) in [7, 11) is 0. The van der Waals surface area contributed by atoms with Crippen LogP contribution in [-0.2, 0) is 6.54 Å². The summed E-state index contributed by atoms with van der Waals surface area (Å²) in [4.78, 5) is 25.3. The number of amides is 1. The number of nitrogens with one attached hydrogen (secondary N) is 3. The van der Waals surface area contributed by atoms with E-state index in [0.29, 0.717) is 13.1 Å². The highest BCUT2D eigenvalue weighted by Crippen LogP contribution is 2.39. The molecule has 0 aromatic carbocycles. The van der Waals surface area contributed by atoms with Gasteiger partial charge in [0.1, 0.15) is 5.65 Å². The lowest BCUT2D eigenvalue weighted by Gasteiger charge is -2.35. The van der Waals surface area contributed by atoms with Crippen molar-refractivity contribution in [2.24, 2.45) is 0 Å². The van der Waals surface area contributed by atoms with Gasteiger partial charge in [-0.15, -0.1) is 0 Å². The Balaban J connectivity index is 1.64. The lowest BCUT2D eigenvalue weighted by molar-refractivity contribution is 0.188. The maximum atomic E-state index is 11.1. The van der Waals surface area contributed by atoms with E-state index in [-0.39, 0.29) is 6.04 Å². The van der Waals surface area contributed by atoms with Gasteiger partial charge in [0.05, 0.1) is 21.2 Å². The Morgan fingerprint density at radius 2 is 2.28 bits per heavy atom. The SMILES string of the molecule is Cc1cncc(CNc2c[nH]c3ncc(Br)c(N4CCCC(NC(=O)O)C4)c23)c1. The van der Waals surface area contributed by atoms with Crippen LogP contribution in [0.2, 0.25) is 0 Å². The van der Waals surface area contributed by atoms with Crippen molar-refractivity contribution < 1.29 is 9.90 Å². The van der Waals surface area contributed by atoms with Gasteiger partial charge in [0.25, 0.3) is 0 Å². The largest absolute Gasteiger partial charge is 0.465 e. The van der Waals surface area contributed by atoms with E-state index in [2.05, 4.69) is 52.5 Å². The average molecular weight is 459 g/mol. The molecule has 1 amide bonds. The van der Waals surface area contributed by atoms with E-state index < -0.39 is 6.09 Å². The van der Waals surface area contributed by atoms with E-state index in [4.69, 9.17) is 5.11 Å². The monoisotopic (exact) mass is 458 g/mol. The van der Waals surface area contributed by atoms with E-state index in [1.807, 2.05) is 25.5 Å². The molecule has 1 aliphatic rings. The second-order valence-corrected chi connectivity index (χ2v) is 8.19. The van der Waals surface area contributed by atoms with Crippen molar-refractivity contribution in [2.45, 2.75) is 32.4 Å². The van der Waals surface area contributed by atoms with Gasteiger partial charge in [0.15, 0.2) is 0 Å². The fourth-order valence-electron chi connectivity index (χ4n) is 3.89. The molecule has 3 aromatic heterocycles. The molecular formula is C20H23BrN6O2. The zero-order valence-electron chi connectivity index (χ0n) is 16.1. The zero-order chi connectivity index (χ0) is 20.4. The molecule has 29 heavy (non-hydrogen) atoms.